The van der Waals surface area contributed by atoms with Crippen LogP contribution >= 0.6 is 0 Å². The highest BCUT2D eigenvalue weighted by molar-refractivity contribution is 5.24. The highest BCUT2D eigenvalue weighted by atomic mass is 19.4. The number of benzene rings is 1. The van der Waals surface area contributed by atoms with Crippen molar-refractivity contribution >= 4 is 0 Å². The van der Waals surface area contributed by atoms with Crippen molar-refractivity contribution in [2.24, 2.45) is 0 Å². The van der Waals surface area contributed by atoms with E-state index in [1.54, 1.807) is 6.92 Å². The minimum absolute atomic E-state index is 0.308. The summed E-state index contributed by atoms with van der Waals surface area (Å²) >= 11 is 0. The first-order valence-corrected chi connectivity index (χ1v) is 5.94. The summed E-state index contributed by atoms with van der Waals surface area (Å²) in [5.41, 5.74) is 0.195. The van der Waals surface area contributed by atoms with Gasteiger partial charge in [0.25, 0.3) is 0 Å². The second-order valence-electron chi connectivity index (χ2n) is 4.36. The zero-order valence-corrected chi connectivity index (χ0v) is 10.3. The number of halogens is 3. The Kier molecular flexibility index (Phi) is 5.62. The first kappa shape index (κ1) is 15.0. The number of alkyl halides is 3. The fourth-order valence-electron chi connectivity index (χ4n) is 1.57. The summed E-state index contributed by atoms with van der Waals surface area (Å²) in [5, 5.41) is 12.2. The van der Waals surface area contributed by atoms with Crippen LogP contribution in [0.15, 0.2) is 24.3 Å². The molecule has 18 heavy (non-hydrogen) atoms. The van der Waals surface area contributed by atoms with Crippen molar-refractivity contribution in [3.8, 4) is 0 Å². The number of aliphatic hydroxyl groups excluding tert-OH is 1. The summed E-state index contributed by atoms with van der Waals surface area (Å²) in [6.45, 7) is 3.01. The molecule has 1 rings (SSSR count). The van der Waals surface area contributed by atoms with Gasteiger partial charge in [-0.1, -0.05) is 12.1 Å². The molecule has 0 aliphatic heterocycles. The first-order valence-electron chi connectivity index (χ1n) is 5.94. The molecule has 0 bridgehead atoms. The zero-order valence-electron chi connectivity index (χ0n) is 10.3. The van der Waals surface area contributed by atoms with E-state index in [0.29, 0.717) is 6.54 Å². The Hall–Kier alpha value is -1.07. The summed E-state index contributed by atoms with van der Waals surface area (Å²) in [6.07, 6.45) is -3.01. The molecule has 0 aliphatic rings. The molecule has 1 aromatic rings. The fourth-order valence-corrected chi connectivity index (χ4v) is 1.57. The average Bonchev–Trinajstić information content (AvgIpc) is 2.27. The Bertz CT molecular complexity index is 346. The Morgan fingerprint density at radius 2 is 1.83 bits per heavy atom. The molecule has 0 aliphatic carbocycles. The number of hydrogen-bond donors (Lipinski definition) is 2. The van der Waals surface area contributed by atoms with Gasteiger partial charge in [0.2, 0.25) is 0 Å². The van der Waals surface area contributed by atoms with Crippen molar-refractivity contribution in [1.82, 2.24) is 5.32 Å². The van der Waals surface area contributed by atoms with Crippen LogP contribution in [0.4, 0.5) is 13.2 Å². The third-order valence-electron chi connectivity index (χ3n) is 2.59. The Balaban J connectivity index is 2.31. The van der Waals surface area contributed by atoms with Crippen molar-refractivity contribution in [3.63, 3.8) is 0 Å². The Labute approximate surface area is 105 Å². The molecule has 0 amide bonds. The van der Waals surface area contributed by atoms with Crippen molar-refractivity contribution < 1.29 is 18.3 Å². The minimum atomic E-state index is -4.27. The van der Waals surface area contributed by atoms with E-state index in [1.807, 2.05) is 0 Å². The van der Waals surface area contributed by atoms with E-state index in [1.165, 1.54) is 12.1 Å². The molecule has 0 spiro atoms. The lowest BCUT2D eigenvalue weighted by Crippen LogP contribution is -2.16. The van der Waals surface area contributed by atoms with Gasteiger partial charge in [0, 0.05) is 6.54 Å². The molecule has 0 aromatic heterocycles. The molecule has 2 nitrogen and oxygen atoms in total. The molecule has 0 heterocycles. The van der Waals surface area contributed by atoms with Gasteiger partial charge in [0.05, 0.1) is 11.7 Å². The van der Waals surface area contributed by atoms with Gasteiger partial charge in [-0.15, -0.1) is 0 Å². The van der Waals surface area contributed by atoms with Crippen LogP contribution in [-0.2, 0) is 12.7 Å². The smallest absolute Gasteiger partial charge is 0.393 e. The molecule has 1 unspecified atom stereocenters. The third kappa shape index (κ3) is 5.51. The molecule has 5 heteroatoms. The third-order valence-corrected chi connectivity index (χ3v) is 2.59. The number of rotatable bonds is 6. The summed E-state index contributed by atoms with van der Waals surface area (Å²) in [7, 11) is 0. The van der Waals surface area contributed by atoms with Crippen LogP contribution < -0.4 is 5.32 Å². The van der Waals surface area contributed by atoms with Gasteiger partial charge < -0.3 is 10.4 Å². The maximum Gasteiger partial charge on any atom is 0.416 e. The zero-order chi connectivity index (χ0) is 13.6. The van der Waals surface area contributed by atoms with Crippen molar-refractivity contribution in [2.75, 3.05) is 6.54 Å². The SMILES string of the molecule is CC(O)CCCNCc1ccc(C(F)(F)F)cc1. The molecule has 1 aromatic carbocycles. The van der Waals surface area contributed by atoms with Gasteiger partial charge in [-0.05, 0) is 44.0 Å². The van der Waals surface area contributed by atoms with E-state index < -0.39 is 11.7 Å². The van der Waals surface area contributed by atoms with Crippen LogP contribution in [0.1, 0.15) is 30.9 Å². The van der Waals surface area contributed by atoms with Crippen molar-refractivity contribution in [1.29, 1.82) is 0 Å². The van der Waals surface area contributed by atoms with Crippen LogP contribution in [0.3, 0.4) is 0 Å². The van der Waals surface area contributed by atoms with E-state index in [-0.39, 0.29) is 6.10 Å². The van der Waals surface area contributed by atoms with Crippen molar-refractivity contribution in [2.45, 2.75) is 38.6 Å². The number of aliphatic hydroxyl groups is 1. The molecule has 1 atom stereocenters. The second kappa shape index (κ2) is 6.75. The Morgan fingerprint density at radius 3 is 2.33 bits per heavy atom. The number of nitrogens with one attached hydrogen (secondary N) is 1. The van der Waals surface area contributed by atoms with Gasteiger partial charge in [-0.3, -0.25) is 0 Å². The predicted octanol–water partition coefficient (Wildman–Crippen LogP) is 2.96. The largest absolute Gasteiger partial charge is 0.416 e. The average molecular weight is 261 g/mol. The van der Waals surface area contributed by atoms with Crippen LogP contribution in [0.5, 0.6) is 0 Å². The van der Waals surface area contributed by atoms with Gasteiger partial charge in [0.15, 0.2) is 0 Å². The lowest BCUT2D eigenvalue weighted by Gasteiger charge is -2.09. The van der Waals surface area contributed by atoms with E-state index in [2.05, 4.69) is 5.32 Å². The van der Waals surface area contributed by atoms with Gasteiger partial charge in [-0.25, -0.2) is 0 Å². The quantitative estimate of drug-likeness (QED) is 0.772. The normalized spacial score (nSPS) is 13.6. The van der Waals surface area contributed by atoms with Crippen LogP contribution in [0.25, 0.3) is 0 Å². The summed E-state index contributed by atoms with van der Waals surface area (Å²) in [4.78, 5) is 0. The van der Waals surface area contributed by atoms with Crippen molar-refractivity contribution in [3.05, 3.63) is 35.4 Å². The van der Waals surface area contributed by atoms with E-state index in [0.717, 1.165) is 37.1 Å². The molecule has 0 fully saturated rings. The van der Waals surface area contributed by atoms with Crippen LogP contribution in [0.2, 0.25) is 0 Å². The topological polar surface area (TPSA) is 32.3 Å². The maximum atomic E-state index is 12.3. The molecule has 0 saturated carbocycles. The molecule has 2 N–H and O–H groups in total. The second-order valence-corrected chi connectivity index (χ2v) is 4.36. The lowest BCUT2D eigenvalue weighted by molar-refractivity contribution is -0.137. The highest BCUT2D eigenvalue weighted by Crippen LogP contribution is 2.28. The van der Waals surface area contributed by atoms with E-state index in [9.17, 15) is 13.2 Å². The first-order chi connectivity index (χ1) is 8.39. The summed E-state index contributed by atoms with van der Waals surface area (Å²) in [5.74, 6) is 0. The highest BCUT2D eigenvalue weighted by Gasteiger charge is 2.29. The molecular weight excluding hydrogens is 243 g/mol. The molecular formula is C13H18F3NO. The minimum Gasteiger partial charge on any atom is -0.393 e. The van der Waals surface area contributed by atoms with Gasteiger partial charge in [0.1, 0.15) is 0 Å². The standard InChI is InChI=1S/C13H18F3NO/c1-10(18)3-2-8-17-9-11-4-6-12(7-5-11)13(14,15)16/h4-7,10,17-18H,2-3,8-9H2,1H3. The lowest BCUT2D eigenvalue weighted by atomic mass is 10.1. The van der Waals surface area contributed by atoms with E-state index in [4.69, 9.17) is 5.11 Å². The van der Waals surface area contributed by atoms with Crippen LogP contribution in [-0.4, -0.2) is 17.8 Å². The number of hydrogen-bond acceptors (Lipinski definition) is 2. The molecule has 0 saturated heterocycles. The molecule has 0 radical (unpaired) electrons. The summed E-state index contributed by atoms with van der Waals surface area (Å²) in [6, 6.07) is 5.13. The van der Waals surface area contributed by atoms with E-state index >= 15 is 0 Å². The molecule has 102 valence electrons. The summed E-state index contributed by atoms with van der Waals surface area (Å²) < 4.78 is 36.9. The fraction of sp³-hybridized carbons (Fsp3) is 0.538. The van der Waals surface area contributed by atoms with Crippen LogP contribution in [0, 0.1) is 0 Å². The predicted molar refractivity (Wildman–Crippen MR) is 64.1 cm³/mol. The maximum absolute atomic E-state index is 12.3. The monoisotopic (exact) mass is 261 g/mol. The van der Waals surface area contributed by atoms with Gasteiger partial charge >= 0.3 is 6.18 Å². The Morgan fingerprint density at radius 1 is 1.22 bits per heavy atom. The van der Waals surface area contributed by atoms with Gasteiger partial charge in [-0.2, -0.15) is 13.2 Å².